The number of hydrogen-bond acceptors (Lipinski definition) is 6. The SMILES string of the molecule is CCCCOc1ccc(/C(O)=C2\C(=O)C(=O)N(CCN(CC)CC)[C@H]2c2ccc(OCC)cc2)cc1C. The van der Waals surface area contributed by atoms with Gasteiger partial charge in [0.2, 0.25) is 0 Å². The summed E-state index contributed by atoms with van der Waals surface area (Å²) in [6.07, 6.45) is 2.00. The van der Waals surface area contributed by atoms with Gasteiger partial charge in [-0.3, -0.25) is 9.59 Å². The Hall–Kier alpha value is -3.32. The Labute approximate surface area is 220 Å². The third kappa shape index (κ3) is 6.52. The van der Waals surface area contributed by atoms with Crippen LogP contribution in [0.25, 0.3) is 5.76 Å². The van der Waals surface area contributed by atoms with E-state index in [1.54, 1.807) is 17.0 Å². The van der Waals surface area contributed by atoms with Crippen LogP contribution in [0.3, 0.4) is 0 Å². The Morgan fingerprint density at radius 2 is 1.70 bits per heavy atom. The second-order valence-corrected chi connectivity index (χ2v) is 9.20. The molecule has 0 saturated carbocycles. The van der Waals surface area contributed by atoms with Gasteiger partial charge in [0.1, 0.15) is 17.3 Å². The summed E-state index contributed by atoms with van der Waals surface area (Å²) in [6, 6.07) is 12.0. The highest BCUT2D eigenvalue weighted by atomic mass is 16.5. The van der Waals surface area contributed by atoms with Gasteiger partial charge in [-0.05, 0) is 74.8 Å². The molecule has 0 aliphatic carbocycles. The number of carbonyl (C=O) groups excluding carboxylic acids is 2. The van der Waals surface area contributed by atoms with E-state index in [1.165, 1.54) is 0 Å². The third-order valence-corrected chi connectivity index (χ3v) is 6.80. The summed E-state index contributed by atoms with van der Waals surface area (Å²) in [5, 5.41) is 11.4. The first-order valence-corrected chi connectivity index (χ1v) is 13.3. The zero-order valence-electron chi connectivity index (χ0n) is 22.8. The van der Waals surface area contributed by atoms with Crippen molar-refractivity contribution in [2.45, 2.75) is 53.5 Å². The van der Waals surface area contributed by atoms with Crippen LogP contribution in [0.4, 0.5) is 0 Å². The lowest BCUT2D eigenvalue weighted by atomic mass is 9.94. The molecule has 0 radical (unpaired) electrons. The zero-order chi connectivity index (χ0) is 26.9. The summed E-state index contributed by atoms with van der Waals surface area (Å²) in [7, 11) is 0. The largest absolute Gasteiger partial charge is 0.507 e. The Balaban J connectivity index is 2.03. The first kappa shape index (κ1) is 28.3. The van der Waals surface area contributed by atoms with E-state index in [-0.39, 0.29) is 11.3 Å². The van der Waals surface area contributed by atoms with E-state index in [1.807, 2.05) is 44.2 Å². The van der Waals surface area contributed by atoms with Gasteiger partial charge in [0.05, 0.1) is 24.8 Å². The maximum Gasteiger partial charge on any atom is 0.295 e. The molecule has 3 rings (SSSR count). The molecule has 7 nitrogen and oxygen atoms in total. The predicted octanol–water partition coefficient (Wildman–Crippen LogP) is 5.34. The van der Waals surface area contributed by atoms with Gasteiger partial charge in [-0.1, -0.05) is 39.3 Å². The number of likely N-dealkylation sites (N-methyl/N-ethyl adjacent to an activating group) is 1. The molecule has 1 N–H and O–H groups in total. The molecule has 1 aliphatic heterocycles. The number of Topliss-reactive ketones (excluding diaryl/α,β-unsaturated/α-hetero) is 1. The Bertz CT molecular complexity index is 1110. The highest BCUT2D eigenvalue weighted by molar-refractivity contribution is 6.46. The fourth-order valence-electron chi connectivity index (χ4n) is 4.60. The standard InChI is InChI=1S/C30H40N2O5/c1-6-10-19-37-25-16-13-23(20-21(25)5)28(33)26-27(22-11-14-24(15-12-22)36-9-4)32(30(35)29(26)34)18-17-31(7-2)8-3/h11-16,20,27,33H,6-10,17-19H2,1-5H3/b28-26+/t27-/m0/s1. The smallest absolute Gasteiger partial charge is 0.295 e. The van der Waals surface area contributed by atoms with Crippen molar-refractivity contribution in [3.8, 4) is 11.5 Å². The van der Waals surface area contributed by atoms with Gasteiger partial charge >= 0.3 is 0 Å². The Kier molecular flexibility index (Phi) is 10.1. The number of amides is 1. The molecule has 1 amide bonds. The molecule has 1 aliphatic rings. The lowest BCUT2D eigenvalue weighted by molar-refractivity contribution is -0.140. The van der Waals surface area contributed by atoms with Crippen molar-refractivity contribution in [3.05, 3.63) is 64.7 Å². The quantitative estimate of drug-likeness (QED) is 0.170. The molecular formula is C30H40N2O5. The Morgan fingerprint density at radius 1 is 1.00 bits per heavy atom. The van der Waals surface area contributed by atoms with Crippen molar-refractivity contribution in [3.63, 3.8) is 0 Å². The van der Waals surface area contributed by atoms with Crippen LogP contribution in [-0.4, -0.2) is 66.0 Å². The molecule has 37 heavy (non-hydrogen) atoms. The summed E-state index contributed by atoms with van der Waals surface area (Å²) < 4.78 is 11.4. The van der Waals surface area contributed by atoms with E-state index in [4.69, 9.17) is 9.47 Å². The van der Waals surface area contributed by atoms with Crippen molar-refractivity contribution in [1.82, 2.24) is 9.80 Å². The predicted molar refractivity (Wildman–Crippen MR) is 146 cm³/mol. The molecule has 1 atom stereocenters. The minimum absolute atomic E-state index is 0.104. The van der Waals surface area contributed by atoms with Gasteiger partial charge in [0, 0.05) is 18.7 Å². The second-order valence-electron chi connectivity index (χ2n) is 9.20. The summed E-state index contributed by atoms with van der Waals surface area (Å²) in [6.45, 7) is 13.9. The van der Waals surface area contributed by atoms with Crippen LogP contribution in [0.15, 0.2) is 48.0 Å². The van der Waals surface area contributed by atoms with Crippen molar-refractivity contribution < 1.29 is 24.2 Å². The number of ether oxygens (including phenoxy) is 2. The molecular weight excluding hydrogens is 468 g/mol. The van der Waals surface area contributed by atoms with Crippen molar-refractivity contribution >= 4 is 17.4 Å². The maximum absolute atomic E-state index is 13.3. The summed E-state index contributed by atoms with van der Waals surface area (Å²) in [5.74, 6) is 0.0137. The van der Waals surface area contributed by atoms with E-state index in [0.717, 1.165) is 42.8 Å². The number of aryl methyl sites for hydroxylation is 1. The molecule has 2 aromatic rings. The van der Waals surface area contributed by atoms with Crippen LogP contribution in [-0.2, 0) is 9.59 Å². The van der Waals surface area contributed by atoms with Crippen LogP contribution < -0.4 is 9.47 Å². The summed E-state index contributed by atoms with van der Waals surface area (Å²) in [5.41, 5.74) is 2.19. The first-order valence-electron chi connectivity index (χ1n) is 13.3. The lowest BCUT2D eigenvalue weighted by Gasteiger charge is -2.28. The van der Waals surface area contributed by atoms with Crippen LogP contribution in [0.1, 0.15) is 63.3 Å². The molecule has 0 spiro atoms. The molecule has 2 aromatic carbocycles. The number of aliphatic hydroxyl groups excluding tert-OH is 1. The van der Waals surface area contributed by atoms with E-state index >= 15 is 0 Å². The number of nitrogens with zero attached hydrogens (tertiary/aromatic N) is 2. The van der Waals surface area contributed by atoms with Crippen LogP contribution in [0.5, 0.6) is 11.5 Å². The van der Waals surface area contributed by atoms with Crippen molar-refractivity contribution in [2.24, 2.45) is 0 Å². The van der Waals surface area contributed by atoms with E-state index in [0.29, 0.717) is 37.6 Å². The zero-order valence-corrected chi connectivity index (χ0v) is 22.8. The van der Waals surface area contributed by atoms with Gasteiger partial charge in [-0.15, -0.1) is 0 Å². The average molecular weight is 509 g/mol. The molecule has 0 bridgehead atoms. The van der Waals surface area contributed by atoms with Gasteiger partial charge < -0.3 is 24.4 Å². The average Bonchev–Trinajstić information content (AvgIpc) is 3.15. The van der Waals surface area contributed by atoms with Gasteiger partial charge in [0.25, 0.3) is 11.7 Å². The summed E-state index contributed by atoms with van der Waals surface area (Å²) >= 11 is 0. The van der Waals surface area contributed by atoms with E-state index < -0.39 is 17.7 Å². The minimum Gasteiger partial charge on any atom is -0.507 e. The van der Waals surface area contributed by atoms with E-state index in [9.17, 15) is 14.7 Å². The maximum atomic E-state index is 13.3. The van der Waals surface area contributed by atoms with Gasteiger partial charge in [-0.2, -0.15) is 0 Å². The number of likely N-dealkylation sites (tertiary alicyclic amines) is 1. The van der Waals surface area contributed by atoms with Gasteiger partial charge in [0.15, 0.2) is 0 Å². The van der Waals surface area contributed by atoms with Crippen LogP contribution in [0, 0.1) is 6.92 Å². The molecule has 0 aromatic heterocycles. The molecule has 200 valence electrons. The number of carbonyl (C=O) groups is 2. The number of aliphatic hydroxyl groups is 1. The fourth-order valence-corrected chi connectivity index (χ4v) is 4.60. The number of rotatable bonds is 13. The fraction of sp³-hybridized carbons (Fsp3) is 0.467. The number of ketones is 1. The van der Waals surface area contributed by atoms with Crippen LogP contribution in [0.2, 0.25) is 0 Å². The van der Waals surface area contributed by atoms with E-state index in [2.05, 4.69) is 25.7 Å². The first-order chi connectivity index (χ1) is 17.9. The van der Waals surface area contributed by atoms with Crippen LogP contribution >= 0.6 is 0 Å². The minimum atomic E-state index is -0.688. The highest BCUT2D eigenvalue weighted by Crippen LogP contribution is 2.40. The van der Waals surface area contributed by atoms with Crippen molar-refractivity contribution in [1.29, 1.82) is 0 Å². The molecule has 0 unspecified atom stereocenters. The lowest BCUT2D eigenvalue weighted by Crippen LogP contribution is -2.38. The molecule has 7 heteroatoms. The number of unbranched alkanes of at least 4 members (excludes halogenated alkanes) is 1. The normalized spacial score (nSPS) is 17.0. The topological polar surface area (TPSA) is 79.3 Å². The second kappa shape index (κ2) is 13.3. The molecule has 1 fully saturated rings. The number of hydrogen-bond donors (Lipinski definition) is 1. The number of benzene rings is 2. The third-order valence-electron chi connectivity index (χ3n) is 6.80. The summed E-state index contributed by atoms with van der Waals surface area (Å²) in [4.78, 5) is 30.3. The van der Waals surface area contributed by atoms with Gasteiger partial charge in [-0.25, -0.2) is 0 Å². The molecule has 1 saturated heterocycles. The Morgan fingerprint density at radius 3 is 2.30 bits per heavy atom. The monoisotopic (exact) mass is 508 g/mol. The highest BCUT2D eigenvalue weighted by Gasteiger charge is 2.46. The molecule has 1 heterocycles. The van der Waals surface area contributed by atoms with Crippen molar-refractivity contribution in [2.75, 3.05) is 39.4 Å².